The number of carbonyl (C=O) groups is 2. The number of carbonyl (C=O) groups excluding carboxylic acids is 2. The normalized spacial score (nSPS) is 10.5. The lowest BCUT2D eigenvalue weighted by Gasteiger charge is -2.10. The van der Waals surface area contributed by atoms with Crippen LogP contribution in [0.4, 0.5) is 10.5 Å². The van der Waals surface area contributed by atoms with Crippen LogP contribution in [0, 0.1) is 6.92 Å². The van der Waals surface area contributed by atoms with E-state index in [1.807, 2.05) is 6.26 Å². The molecule has 0 saturated heterocycles. The number of benzene rings is 1. The molecule has 0 atom stereocenters. The fourth-order valence-electron chi connectivity index (χ4n) is 2.24. The van der Waals surface area contributed by atoms with Crippen molar-refractivity contribution >= 4 is 40.4 Å². The molecule has 2 rings (SSSR count). The third kappa shape index (κ3) is 6.14. The summed E-state index contributed by atoms with van der Waals surface area (Å²) >= 11 is 2.49. The molecule has 2 aromatic rings. The summed E-state index contributed by atoms with van der Waals surface area (Å²) in [5.74, 6) is -0.187. The summed E-state index contributed by atoms with van der Waals surface area (Å²) in [5, 5.41) is 3.30. The number of aromatic nitrogens is 2. The summed E-state index contributed by atoms with van der Waals surface area (Å²) in [5.41, 5.74) is 1.61. The molecule has 0 aliphatic rings. The number of nitrogens with one attached hydrogen (secondary N) is 2. The molecule has 0 aliphatic carbocycles. The topological polar surface area (TPSA) is 95.2 Å². The van der Waals surface area contributed by atoms with Crippen LogP contribution >= 0.6 is 23.5 Å². The number of rotatable bonds is 6. The van der Waals surface area contributed by atoms with Gasteiger partial charge < -0.3 is 15.2 Å². The second-order valence-electron chi connectivity index (χ2n) is 5.97. The first-order valence-corrected chi connectivity index (χ1v) is 10.3. The maximum Gasteiger partial charge on any atom is 0.285 e. The largest absolute Gasteiger partial charge is 0.339 e. The van der Waals surface area contributed by atoms with E-state index in [0.29, 0.717) is 28.5 Å². The number of H-pyrrole nitrogens is 1. The maximum atomic E-state index is 12.2. The second kappa shape index (κ2) is 9.61. The van der Waals surface area contributed by atoms with Gasteiger partial charge in [0.25, 0.3) is 10.8 Å². The number of nitrogens with zero attached hydrogens (tertiary/aromatic N) is 2. The molecule has 2 amide bonds. The van der Waals surface area contributed by atoms with E-state index in [4.69, 9.17) is 0 Å². The lowest BCUT2D eigenvalue weighted by Crippen LogP contribution is -2.20. The molecule has 0 bridgehead atoms. The summed E-state index contributed by atoms with van der Waals surface area (Å²) in [7, 11) is 3.39. The van der Waals surface area contributed by atoms with Crippen molar-refractivity contribution in [2.75, 3.05) is 25.7 Å². The van der Waals surface area contributed by atoms with E-state index in [1.54, 1.807) is 45.3 Å². The first-order chi connectivity index (χ1) is 12.8. The van der Waals surface area contributed by atoms with Crippen LogP contribution in [0.2, 0.25) is 0 Å². The third-order valence-electron chi connectivity index (χ3n) is 3.70. The van der Waals surface area contributed by atoms with Crippen LogP contribution in [-0.4, -0.2) is 46.4 Å². The summed E-state index contributed by atoms with van der Waals surface area (Å²) in [6, 6.07) is 7.05. The highest BCUT2D eigenvalue weighted by Gasteiger charge is 2.11. The van der Waals surface area contributed by atoms with Crippen molar-refractivity contribution in [2.45, 2.75) is 29.8 Å². The molecule has 0 unspecified atom stereocenters. The standard InChI is InChI=1S/C18H22N4O3S2/c1-11-14(16(24)21-17(19-11)26-4)9-10-15(23)20-12-5-7-13(8-6-12)27-18(25)22(2)3/h5-8H,9-10H2,1-4H3,(H,20,23)(H,19,21,24). The Bertz CT molecular complexity index is 879. The minimum Gasteiger partial charge on any atom is -0.339 e. The van der Waals surface area contributed by atoms with Crippen LogP contribution in [0.5, 0.6) is 0 Å². The van der Waals surface area contributed by atoms with Crippen LogP contribution in [-0.2, 0) is 11.2 Å². The van der Waals surface area contributed by atoms with Crippen molar-refractivity contribution in [1.29, 1.82) is 0 Å². The number of amides is 2. The van der Waals surface area contributed by atoms with E-state index in [9.17, 15) is 14.4 Å². The third-order valence-corrected chi connectivity index (χ3v) is 5.33. The number of anilines is 1. The smallest absolute Gasteiger partial charge is 0.285 e. The Morgan fingerprint density at radius 2 is 1.89 bits per heavy atom. The predicted molar refractivity (Wildman–Crippen MR) is 110 cm³/mol. The van der Waals surface area contributed by atoms with Crippen LogP contribution in [0.15, 0.2) is 39.1 Å². The summed E-state index contributed by atoms with van der Waals surface area (Å²) < 4.78 is 0. The maximum absolute atomic E-state index is 12.2. The van der Waals surface area contributed by atoms with Gasteiger partial charge in [0.05, 0.1) is 0 Å². The van der Waals surface area contributed by atoms with Gasteiger partial charge in [-0.15, -0.1) is 0 Å². The van der Waals surface area contributed by atoms with Gasteiger partial charge in [-0.25, -0.2) is 4.98 Å². The minimum absolute atomic E-state index is 0.0616. The van der Waals surface area contributed by atoms with Crippen molar-refractivity contribution in [2.24, 2.45) is 0 Å². The van der Waals surface area contributed by atoms with E-state index in [2.05, 4.69) is 15.3 Å². The molecular weight excluding hydrogens is 384 g/mol. The Balaban J connectivity index is 1.93. The summed E-state index contributed by atoms with van der Waals surface area (Å²) in [6.07, 6.45) is 2.34. The molecule has 0 saturated carbocycles. The number of thioether (sulfide) groups is 2. The molecule has 27 heavy (non-hydrogen) atoms. The molecule has 0 radical (unpaired) electrons. The van der Waals surface area contributed by atoms with Gasteiger partial charge in [0.1, 0.15) is 0 Å². The monoisotopic (exact) mass is 406 g/mol. The number of aromatic amines is 1. The lowest BCUT2D eigenvalue weighted by atomic mass is 10.1. The molecule has 0 spiro atoms. The molecule has 1 aromatic heterocycles. The van der Waals surface area contributed by atoms with Gasteiger partial charge in [-0.1, -0.05) is 11.8 Å². The average molecular weight is 407 g/mol. The predicted octanol–water partition coefficient (Wildman–Crippen LogP) is 3.15. The van der Waals surface area contributed by atoms with E-state index in [0.717, 1.165) is 16.7 Å². The van der Waals surface area contributed by atoms with Gasteiger partial charge in [-0.05, 0) is 55.6 Å². The highest BCUT2D eigenvalue weighted by Crippen LogP contribution is 2.22. The van der Waals surface area contributed by atoms with Crippen LogP contribution in [0.1, 0.15) is 17.7 Å². The zero-order valence-electron chi connectivity index (χ0n) is 15.7. The molecule has 9 heteroatoms. The van der Waals surface area contributed by atoms with Crippen molar-refractivity contribution in [3.05, 3.63) is 45.9 Å². The van der Waals surface area contributed by atoms with Crippen LogP contribution in [0.3, 0.4) is 0 Å². The first kappa shape index (κ1) is 21.0. The Morgan fingerprint density at radius 1 is 1.22 bits per heavy atom. The highest BCUT2D eigenvalue weighted by molar-refractivity contribution is 8.13. The van der Waals surface area contributed by atoms with Gasteiger partial charge >= 0.3 is 0 Å². The fourth-order valence-corrected chi connectivity index (χ4v) is 3.32. The minimum atomic E-state index is -0.202. The molecule has 0 fully saturated rings. The van der Waals surface area contributed by atoms with E-state index in [1.165, 1.54) is 16.7 Å². The molecule has 2 N–H and O–H groups in total. The molecule has 1 aromatic carbocycles. The fraction of sp³-hybridized carbons (Fsp3) is 0.333. The van der Waals surface area contributed by atoms with Gasteiger partial charge in [0.2, 0.25) is 5.91 Å². The number of hydrogen-bond acceptors (Lipinski definition) is 6. The van der Waals surface area contributed by atoms with Crippen molar-refractivity contribution in [3.8, 4) is 0 Å². The quantitative estimate of drug-likeness (QED) is 0.565. The molecular formula is C18H22N4O3S2. The summed E-state index contributed by atoms with van der Waals surface area (Å²) in [4.78, 5) is 45.2. The van der Waals surface area contributed by atoms with E-state index in [-0.39, 0.29) is 23.1 Å². The van der Waals surface area contributed by atoms with Gasteiger partial charge in [-0.3, -0.25) is 14.4 Å². The van der Waals surface area contributed by atoms with E-state index < -0.39 is 0 Å². The lowest BCUT2D eigenvalue weighted by molar-refractivity contribution is -0.116. The average Bonchev–Trinajstić information content (AvgIpc) is 2.62. The first-order valence-electron chi connectivity index (χ1n) is 8.23. The Kier molecular flexibility index (Phi) is 7.49. The molecule has 7 nitrogen and oxygen atoms in total. The Morgan fingerprint density at radius 3 is 2.44 bits per heavy atom. The highest BCUT2D eigenvalue weighted by atomic mass is 32.2. The number of aryl methyl sites for hydroxylation is 1. The Hall–Kier alpha value is -2.26. The van der Waals surface area contributed by atoms with Crippen molar-refractivity contribution < 1.29 is 9.59 Å². The molecule has 0 aliphatic heterocycles. The van der Waals surface area contributed by atoms with Gasteiger partial charge in [-0.2, -0.15) is 0 Å². The zero-order valence-corrected chi connectivity index (χ0v) is 17.3. The zero-order chi connectivity index (χ0) is 20.0. The van der Waals surface area contributed by atoms with Gasteiger partial charge in [0.15, 0.2) is 5.16 Å². The van der Waals surface area contributed by atoms with Crippen molar-refractivity contribution in [1.82, 2.24) is 14.9 Å². The van der Waals surface area contributed by atoms with Crippen LogP contribution < -0.4 is 10.9 Å². The SMILES string of the molecule is CSc1nc(C)c(CCC(=O)Nc2ccc(SC(=O)N(C)C)cc2)c(=O)[nH]1. The molecule has 144 valence electrons. The second-order valence-corrected chi connectivity index (χ2v) is 7.79. The number of hydrogen-bond donors (Lipinski definition) is 2. The molecule has 1 heterocycles. The Labute approximate surface area is 166 Å². The van der Waals surface area contributed by atoms with Gasteiger partial charge in [0, 0.05) is 42.4 Å². The summed E-state index contributed by atoms with van der Waals surface area (Å²) in [6.45, 7) is 1.77. The van der Waals surface area contributed by atoms with E-state index >= 15 is 0 Å². The van der Waals surface area contributed by atoms with Crippen LogP contribution in [0.25, 0.3) is 0 Å². The van der Waals surface area contributed by atoms with Crippen molar-refractivity contribution in [3.63, 3.8) is 0 Å².